The zero-order valence-electron chi connectivity index (χ0n) is 15.0. The molecule has 1 saturated heterocycles. The molecule has 26 heavy (non-hydrogen) atoms. The van der Waals surface area contributed by atoms with Gasteiger partial charge in [0.1, 0.15) is 5.69 Å². The van der Waals surface area contributed by atoms with E-state index in [-0.39, 0.29) is 12.5 Å². The van der Waals surface area contributed by atoms with E-state index in [2.05, 4.69) is 34.1 Å². The number of carbonyl (C=O) groups is 1. The fourth-order valence-electron chi connectivity index (χ4n) is 4.15. The lowest BCUT2D eigenvalue weighted by Gasteiger charge is -2.27. The molecular weight excluding hydrogens is 326 g/mol. The maximum Gasteiger partial charge on any atom is 0.272 e. The molecule has 1 N–H and O–H groups in total. The first-order valence-electron chi connectivity index (χ1n) is 9.41. The van der Waals surface area contributed by atoms with Gasteiger partial charge in [0, 0.05) is 32.2 Å². The van der Waals surface area contributed by atoms with Crippen molar-refractivity contribution in [2.45, 2.75) is 31.9 Å². The summed E-state index contributed by atoms with van der Waals surface area (Å²) in [5.74, 6) is -0.0307. The number of nitrogens with zero attached hydrogens (tertiary/aromatic N) is 3. The number of fused-ring (bicyclic) bond motifs is 1. The number of rotatable bonds is 3. The van der Waals surface area contributed by atoms with E-state index in [0.717, 1.165) is 45.4 Å². The van der Waals surface area contributed by atoms with Crippen LogP contribution in [0.25, 0.3) is 0 Å². The summed E-state index contributed by atoms with van der Waals surface area (Å²) in [4.78, 5) is 21.5. The fourth-order valence-corrected chi connectivity index (χ4v) is 4.15. The van der Waals surface area contributed by atoms with E-state index in [0.29, 0.717) is 17.4 Å². The minimum absolute atomic E-state index is 0.0307. The van der Waals surface area contributed by atoms with Gasteiger partial charge in [-0.05, 0) is 42.5 Å². The van der Waals surface area contributed by atoms with Crippen LogP contribution in [0.5, 0.6) is 0 Å². The number of carbonyl (C=O) groups excluding carboxylic acids is 1. The minimum Gasteiger partial charge on any atom is -0.390 e. The zero-order chi connectivity index (χ0) is 17.9. The molecule has 2 heterocycles. The van der Waals surface area contributed by atoms with Gasteiger partial charge in [-0.1, -0.05) is 30.3 Å². The molecule has 1 aliphatic heterocycles. The summed E-state index contributed by atoms with van der Waals surface area (Å²) in [6.07, 6.45) is 3.21. The van der Waals surface area contributed by atoms with Crippen molar-refractivity contribution in [1.82, 2.24) is 14.8 Å². The van der Waals surface area contributed by atoms with Gasteiger partial charge in [-0.2, -0.15) is 0 Å². The second kappa shape index (κ2) is 7.56. The first-order chi connectivity index (χ1) is 12.7. The highest BCUT2D eigenvalue weighted by Gasteiger charge is 2.29. The first-order valence-corrected chi connectivity index (χ1v) is 9.41. The third-order valence-electron chi connectivity index (χ3n) is 5.55. The van der Waals surface area contributed by atoms with E-state index in [1.807, 2.05) is 4.90 Å². The molecular formula is C21H25N3O2. The van der Waals surface area contributed by atoms with E-state index < -0.39 is 0 Å². The van der Waals surface area contributed by atoms with Crippen molar-refractivity contribution in [2.24, 2.45) is 0 Å². The van der Waals surface area contributed by atoms with Crippen molar-refractivity contribution in [1.29, 1.82) is 0 Å². The number of aromatic nitrogens is 1. The van der Waals surface area contributed by atoms with Crippen LogP contribution < -0.4 is 0 Å². The summed E-state index contributed by atoms with van der Waals surface area (Å²) >= 11 is 0. The Morgan fingerprint density at radius 3 is 2.50 bits per heavy atom. The Labute approximate surface area is 154 Å². The van der Waals surface area contributed by atoms with E-state index in [1.165, 1.54) is 11.1 Å². The standard InChI is InChI=1S/C21H25N3O2/c25-15-18-7-3-8-20(22-18)21(26)24-10-4-9-23(11-12-24)19-13-16-5-1-2-6-17(16)14-19/h1-3,5-8,19,25H,4,9-15H2. The average molecular weight is 351 g/mol. The molecule has 1 aliphatic carbocycles. The van der Waals surface area contributed by atoms with Gasteiger partial charge in [0.15, 0.2) is 0 Å². The van der Waals surface area contributed by atoms with Crippen molar-refractivity contribution in [3.63, 3.8) is 0 Å². The molecule has 0 atom stereocenters. The van der Waals surface area contributed by atoms with Crippen molar-refractivity contribution >= 4 is 5.91 Å². The average Bonchev–Trinajstić information content (AvgIpc) is 2.97. The summed E-state index contributed by atoms with van der Waals surface area (Å²) in [5, 5.41) is 9.24. The van der Waals surface area contributed by atoms with Crippen LogP contribution in [-0.2, 0) is 19.4 Å². The summed E-state index contributed by atoms with van der Waals surface area (Å²) in [5.41, 5.74) is 3.91. The molecule has 2 aliphatic rings. The van der Waals surface area contributed by atoms with E-state index in [1.54, 1.807) is 18.2 Å². The maximum absolute atomic E-state index is 12.8. The van der Waals surface area contributed by atoms with Gasteiger partial charge in [0.25, 0.3) is 5.91 Å². The van der Waals surface area contributed by atoms with Crippen LogP contribution in [-0.4, -0.2) is 58.0 Å². The Balaban J connectivity index is 1.40. The first kappa shape index (κ1) is 17.2. The van der Waals surface area contributed by atoms with Gasteiger partial charge >= 0.3 is 0 Å². The number of pyridine rings is 1. The van der Waals surface area contributed by atoms with Gasteiger partial charge in [-0.3, -0.25) is 9.69 Å². The third-order valence-corrected chi connectivity index (χ3v) is 5.55. The van der Waals surface area contributed by atoms with Gasteiger partial charge in [0.05, 0.1) is 12.3 Å². The molecule has 1 fully saturated rings. The highest BCUT2D eigenvalue weighted by molar-refractivity contribution is 5.92. The minimum atomic E-state index is -0.142. The van der Waals surface area contributed by atoms with E-state index in [4.69, 9.17) is 0 Å². The van der Waals surface area contributed by atoms with Crippen molar-refractivity contribution in [2.75, 3.05) is 26.2 Å². The molecule has 0 spiro atoms. The number of amides is 1. The monoisotopic (exact) mass is 351 g/mol. The molecule has 5 heteroatoms. The van der Waals surface area contributed by atoms with Crippen LogP contribution in [0.4, 0.5) is 0 Å². The zero-order valence-corrected chi connectivity index (χ0v) is 15.0. The largest absolute Gasteiger partial charge is 0.390 e. The van der Waals surface area contributed by atoms with Crippen LogP contribution in [0, 0.1) is 0 Å². The Morgan fingerprint density at radius 2 is 1.77 bits per heavy atom. The van der Waals surface area contributed by atoms with Crippen LogP contribution in [0.3, 0.4) is 0 Å². The van der Waals surface area contributed by atoms with Crippen LogP contribution in [0.15, 0.2) is 42.5 Å². The maximum atomic E-state index is 12.8. The van der Waals surface area contributed by atoms with Crippen molar-refractivity contribution < 1.29 is 9.90 Å². The predicted octanol–water partition coefficient (Wildman–Crippen LogP) is 1.89. The summed E-state index contributed by atoms with van der Waals surface area (Å²) in [6.45, 7) is 3.30. The Hall–Kier alpha value is -2.24. The number of hydrogen-bond acceptors (Lipinski definition) is 4. The Kier molecular flexibility index (Phi) is 5.00. The normalized spacial score (nSPS) is 18.6. The van der Waals surface area contributed by atoms with Crippen LogP contribution in [0.1, 0.15) is 33.7 Å². The second-order valence-electron chi connectivity index (χ2n) is 7.18. The molecule has 0 unspecified atom stereocenters. The Bertz CT molecular complexity index is 767. The van der Waals surface area contributed by atoms with Gasteiger partial charge in [-0.25, -0.2) is 4.98 Å². The fraction of sp³-hybridized carbons (Fsp3) is 0.429. The number of benzene rings is 1. The molecule has 0 radical (unpaired) electrons. The molecule has 1 amide bonds. The lowest BCUT2D eigenvalue weighted by atomic mass is 10.1. The highest BCUT2D eigenvalue weighted by Crippen LogP contribution is 2.26. The van der Waals surface area contributed by atoms with E-state index in [9.17, 15) is 9.90 Å². The lowest BCUT2D eigenvalue weighted by Crippen LogP contribution is -2.40. The quantitative estimate of drug-likeness (QED) is 0.918. The molecule has 1 aromatic heterocycles. The van der Waals surface area contributed by atoms with Gasteiger partial charge in [-0.15, -0.1) is 0 Å². The molecule has 4 rings (SSSR count). The van der Waals surface area contributed by atoms with Crippen molar-refractivity contribution in [3.8, 4) is 0 Å². The van der Waals surface area contributed by atoms with Gasteiger partial charge < -0.3 is 10.0 Å². The lowest BCUT2D eigenvalue weighted by molar-refractivity contribution is 0.0752. The van der Waals surface area contributed by atoms with Gasteiger partial charge in [0.2, 0.25) is 0 Å². The predicted molar refractivity (Wildman–Crippen MR) is 99.9 cm³/mol. The smallest absolute Gasteiger partial charge is 0.272 e. The topological polar surface area (TPSA) is 56.7 Å². The molecule has 0 bridgehead atoms. The molecule has 136 valence electrons. The SMILES string of the molecule is O=C(c1cccc(CO)n1)N1CCCN(C2Cc3ccccc3C2)CC1. The third kappa shape index (κ3) is 3.50. The van der Waals surface area contributed by atoms with Crippen molar-refractivity contribution in [3.05, 3.63) is 65.0 Å². The molecule has 5 nitrogen and oxygen atoms in total. The highest BCUT2D eigenvalue weighted by atomic mass is 16.3. The van der Waals surface area contributed by atoms with Crippen LogP contribution in [0.2, 0.25) is 0 Å². The molecule has 2 aromatic rings. The second-order valence-corrected chi connectivity index (χ2v) is 7.18. The van der Waals surface area contributed by atoms with E-state index >= 15 is 0 Å². The molecule has 0 saturated carbocycles. The summed E-state index contributed by atoms with van der Waals surface area (Å²) < 4.78 is 0. The van der Waals surface area contributed by atoms with Crippen LogP contribution >= 0.6 is 0 Å². The summed E-state index contributed by atoms with van der Waals surface area (Å²) in [6, 6.07) is 14.5. The number of aliphatic hydroxyl groups is 1. The molecule has 1 aromatic carbocycles. The summed E-state index contributed by atoms with van der Waals surface area (Å²) in [7, 11) is 0. The Morgan fingerprint density at radius 1 is 1.00 bits per heavy atom. The number of aliphatic hydroxyl groups excluding tert-OH is 1. The number of hydrogen-bond donors (Lipinski definition) is 1.